The maximum absolute atomic E-state index is 5.57. The van der Waals surface area contributed by atoms with E-state index in [-0.39, 0.29) is 28.7 Å². The SMILES string of the molecule is CCNC(=NCC1(SCC)CCOCC1)NCCC(C)c1ccc(OC)cc1.I. The first-order valence-corrected chi connectivity index (χ1v) is 11.5. The molecule has 1 saturated heterocycles. The van der Waals surface area contributed by atoms with Crippen molar-refractivity contribution in [2.45, 2.75) is 50.7 Å². The first-order chi connectivity index (χ1) is 13.6. The molecule has 0 spiro atoms. The summed E-state index contributed by atoms with van der Waals surface area (Å²) in [5, 5.41) is 6.91. The average molecular weight is 536 g/mol. The van der Waals surface area contributed by atoms with Crippen LogP contribution in [0.1, 0.15) is 51.5 Å². The summed E-state index contributed by atoms with van der Waals surface area (Å²) in [6.07, 6.45) is 3.23. The van der Waals surface area contributed by atoms with Crippen molar-refractivity contribution >= 4 is 41.7 Å². The maximum Gasteiger partial charge on any atom is 0.191 e. The second-order valence-electron chi connectivity index (χ2n) is 7.31. The lowest BCUT2D eigenvalue weighted by Gasteiger charge is -2.35. The van der Waals surface area contributed by atoms with Gasteiger partial charge in [0.25, 0.3) is 0 Å². The van der Waals surface area contributed by atoms with Crippen LogP contribution in [0.5, 0.6) is 5.75 Å². The molecule has 1 fully saturated rings. The van der Waals surface area contributed by atoms with Gasteiger partial charge >= 0.3 is 0 Å². The number of nitrogens with zero attached hydrogens (tertiary/aromatic N) is 1. The number of rotatable bonds is 10. The molecule has 0 aromatic heterocycles. The monoisotopic (exact) mass is 535 g/mol. The van der Waals surface area contributed by atoms with Crippen molar-refractivity contribution in [3.8, 4) is 5.75 Å². The van der Waals surface area contributed by atoms with E-state index in [9.17, 15) is 0 Å². The Kier molecular flexibility index (Phi) is 13.1. The van der Waals surface area contributed by atoms with E-state index >= 15 is 0 Å². The van der Waals surface area contributed by atoms with Crippen LogP contribution in [-0.2, 0) is 4.74 Å². The van der Waals surface area contributed by atoms with Gasteiger partial charge in [-0.3, -0.25) is 4.99 Å². The molecule has 0 radical (unpaired) electrons. The van der Waals surface area contributed by atoms with E-state index < -0.39 is 0 Å². The third kappa shape index (κ3) is 8.92. The molecule has 1 aromatic carbocycles. The van der Waals surface area contributed by atoms with Crippen LogP contribution < -0.4 is 15.4 Å². The van der Waals surface area contributed by atoms with E-state index in [2.05, 4.69) is 43.5 Å². The second-order valence-corrected chi connectivity index (χ2v) is 9.05. The van der Waals surface area contributed by atoms with Crippen molar-refractivity contribution in [2.75, 3.05) is 45.7 Å². The van der Waals surface area contributed by atoms with Gasteiger partial charge in [0.05, 0.1) is 13.7 Å². The first kappa shape index (κ1) is 26.4. The van der Waals surface area contributed by atoms with E-state index in [4.69, 9.17) is 14.5 Å². The zero-order chi connectivity index (χ0) is 20.2. The number of hydrogen-bond donors (Lipinski definition) is 2. The minimum atomic E-state index is 0. The van der Waals surface area contributed by atoms with Gasteiger partial charge in [0, 0.05) is 31.1 Å². The van der Waals surface area contributed by atoms with Gasteiger partial charge in [-0.1, -0.05) is 26.0 Å². The Bertz CT molecular complexity index is 587. The van der Waals surface area contributed by atoms with Crippen LogP contribution in [0.15, 0.2) is 29.3 Å². The third-order valence-electron chi connectivity index (χ3n) is 5.28. The highest BCUT2D eigenvalue weighted by molar-refractivity contribution is 14.0. The number of halogens is 1. The van der Waals surface area contributed by atoms with Crippen LogP contribution in [0.3, 0.4) is 0 Å². The predicted molar refractivity (Wildman–Crippen MR) is 136 cm³/mol. The molecule has 0 aliphatic carbocycles. The van der Waals surface area contributed by atoms with Crippen molar-refractivity contribution in [2.24, 2.45) is 4.99 Å². The van der Waals surface area contributed by atoms with Crippen molar-refractivity contribution in [1.29, 1.82) is 0 Å². The number of nitrogens with one attached hydrogen (secondary N) is 2. The number of methoxy groups -OCH3 is 1. The Hall–Kier alpha value is -0.670. The molecule has 7 heteroatoms. The van der Waals surface area contributed by atoms with Crippen LogP contribution in [0.4, 0.5) is 0 Å². The smallest absolute Gasteiger partial charge is 0.191 e. The summed E-state index contributed by atoms with van der Waals surface area (Å²) in [5.74, 6) is 3.44. The predicted octanol–water partition coefficient (Wildman–Crippen LogP) is 4.66. The van der Waals surface area contributed by atoms with Gasteiger partial charge in [0.2, 0.25) is 0 Å². The Labute approximate surface area is 198 Å². The minimum Gasteiger partial charge on any atom is -0.497 e. The van der Waals surface area contributed by atoms with Gasteiger partial charge in [-0.25, -0.2) is 0 Å². The standard InChI is InChI=1S/C22H37N3O2S.HI/c1-5-23-21(25-17-22(28-6-2)12-15-27-16-13-22)24-14-11-18(3)19-7-9-20(26-4)10-8-19;/h7-10,18H,5-6,11-17H2,1-4H3,(H2,23,24,25);1H. The maximum atomic E-state index is 5.57. The van der Waals surface area contributed by atoms with Crippen molar-refractivity contribution in [3.63, 3.8) is 0 Å². The molecule has 0 bridgehead atoms. The second kappa shape index (κ2) is 14.4. The largest absolute Gasteiger partial charge is 0.497 e. The van der Waals surface area contributed by atoms with Crippen LogP contribution in [0.25, 0.3) is 0 Å². The number of benzene rings is 1. The van der Waals surface area contributed by atoms with Crippen LogP contribution in [0, 0.1) is 0 Å². The van der Waals surface area contributed by atoms with E-state index in [0.717, 1.165) is 69.6 Å². The molecule has 2 N–H and O–H groups in total. The average Bonchev–Trinajstić information content (AvgIpc) is 2.73. The lowest BCUT2D eigenvalue weighted by Crippen LogP contribution is -2.41. The number of ether oxygens (including phenoxy) is 2. The van der Waals surface area contributed by atoms with Gasteiger partial charge in [0.1, 0.15) is 5.75 Å². The molecule has 1 unspecified atom stereocenters. The van der Waals surface area contributed by atoms with Gasteiger partial charge < -0.3 is 20.1 Å². The number of guanidine groups is 1. The van der Waals surface area contributed by atoms with Gasteiger partial charge in [-0.05, 0) is 55.6 Å². The Morgan fingerprint density at radius 1 is 1.21 bits per heavy atom. The summed E-state index contributed by atoms with van der Waals surface area (Å²) in [4.78, 5) is 4.92. The molecule has 0 amide bonds. The van der Waals surface area contributed by atoms with Crippen LogP contribution >= 0.6 is 35.7 Å². The zero-order valence-corrected chi connectivity index (χ0v) is 21.5. The highest BCUT2D eigenvalue weighted by Crippen LogP contribution is 2.35. The van der Waals surface area contributed by atoms with E-state index in [1.54, 1.807) is 7.11 Å². The van der Waals surface area contributed by atoms with E-state index in [1.807, 2.05) is 23.9 Å². The Morgan fingerprint density at radius 3 is 2.48 bits per heavy atom. The summed E-state index contributed by atoms with van der Waals surface area (Å²) in [6, 6.07) is 8.37. The molecule has 1 aliphatic heterocycles. The van der Waals surface area contributed by atoms with E-state index in [1.165, 1.54) is 5.56 Å². The number of aliphatic imine (C=N–C) groups is 1. The molecular formula is C22H38IN3O2S. The molecule has 0 saturated carbocycles. The van der Waals surface area contributed by atoms with Crippen LogP contribution in [0.2, 0.25) is 0 Å². The Morgan fingerprint density at radius 2 is 1.90 bits per heavy atom. The summed E-state index contributed by atoms with van der Waals surface area (Å²) < 4.78 is 11.0. The molecule has 2 rings (SSSR count). The normalized spacial score (nSPS) is 17.2. The van der Waals surface area contributed by atoms with Gasteiger partial charge in [-0.2, -0.15) is 11.8 Å². The number of thioether (sulfide) groups is 1. The zero-order valence-electron chi connectivity index (χ0n) is 18.3. The minimum absolute atomic E-state index is 0. The molecule has 5 nitrogen and oxygen atoms in total. The van der Waals surface area contributed by atoms with Crippen molar-refractivity contribution < 1.29 is 9.47 Å². The molecular weight excluding hydrogens is 497 g/mol. The first-order valence-electron chi connectivity index (χ1n) is 10.5. The highest BCUT2D eigenvalue weighted by Gasteiger charge is 2.32. The lowest BCUT2D eigenvalue weighted by molar-refractivity contribution is 0.0793. The van der Waals surface area contributed by atoms with Crippen molar-refractivity contribution in [1.82, 2.24) is 10.6 Å². The highest BCUT2D eigenvalue weighted by atomic mass is 127. The lowest BCUT2D eigenvalue weighted by atomic mass is 9.98. The third-order valence-corrected chi connectivity index (χ3v) is 6.72. The summed E-state index contributed by atoms with van der Waals surface area (Å²) in [5.41, 5.74) is 1.34. The Balaban J connectivity index is 0.00000420. The van der Waals surface area contributed by atoms with E-state index in [0.29, 0.717) is 5.92 Å². The van der Waals surface area contributed by atoms with Gasteiger partial charge in [0.15, 0.2) is 5.96 Å². The fourth-order valence-electron chi connectivity index (χ4n) is 3.47. The molecule has 1 atom stereocenters. The molecule has 29 heavy (non-hydrogen) atoms. The van der Waals surface area contributed by atoms with Crippen molar-refractivity contribution in [3.05, 3.63) is 29.8 Å². The summed E-state index contributed by atoms with van der Waals surface area (Å²) in [7, 11) is 1.70. The summed E-state index contributed by atoms with van der Waals surface area (Å²) >= 11 is 2.04. The molecule has 1 heterocycles. The fourth-order valence-corrected chi connectivity index (χ4v) is 4.69. The van der Waals surface area contributed by atoms with Gasteiger partial charge in [-0.15, -0.1) is 24.0 Å². The quantitative estimate of drug-likeness (QED) is 0.259. The molecule has 166 valence electrons. The summed E-state index contributed by atoms with van der Waals surface area (Å²) in [6.45, 7) is 10.9. The molecule has 1 aliphatic rings. The topological polar surface area (TPSA) is 54.9 Å². The molecule has 1 aromatic rings. The number of hydrogen-bond acceptors (Lipinski definition) is 4. The van der Waals surface area contributed by atoms with Crippen LogP contribution in [-0.4, -0.2) is 56.4 Å². The fraction of sp³-hybridized carbons (Fsp3) is 0.682.